The lowest BCUT2D eigenvalue weighted by atomic mass is 10.1. The van der Waals surface area contributed by atoms with Crippen LogP contribution in [0, 0.1) is 13.8 Å². The number of anilines is 3. The van der Waals surface area contributed by atoms with E-state index in [1.54, 1.807) is 0 Å². The van der Waals surface area contributed by atoms with Crippen molar-refractivity contribution in [2.24, 2.45) is 0 Å². The second kappa shape index (κ2) is 7.14. The molecule has 0 amide bonds. The molecule has 0 fully saturated rings. The average Bonchev–Trinajstić information content (AvgIpc) is 2.57. The maximum Gasteiger partial charge on any atom is 0.416 e. The lowest BCUT2D eigenvalue weighted by molar-refractivity contribution is -0.137. The van der Waals surface area contributed by atoms with Gasteiger partial charge >= 0.3 is 6.18 Å². The van der Waals surface area contributed by atoms with E-state index in [1.807, 2.05) is 32.0 Å². The summed E-state index contributed by atoms with van der Waals surface area (Å²) in [6.07, 6.45) is -3.12. The van der Waals surface area contributed by atoms with Crippen LogP contribution in [0.1, 0.15) is 16.7 Å². The first-order valence-electron chi connectivity index (χ1n) is 8.03. The summed E-state index contributed by atoms with van der Waals surface area (Å²) in [5, 5.41) is 2.88. The number of hydrogen-bond acceptors (Lipinski definition) is 5. The van der Waals surface area contributed by atoms with Gasteiger partial charge < -0.3 is 15.8 Å². The fourth-order valence-electron chi connectivity index (χ4n) is 2.54. The van der Waals surface area contributed by atoms with E-state index < -0.39 is 11.7 Å². The van der Waals surface area contributed by atoms with Crippen molar-refractivity contribution in [1.29, 1.82) is 0 Å². The SMILES string of the molecule is Cc1cc(C)cc(Oc2ncnc(Nc3ccc(C(F)(F)F)cc3)c2N)c1. The van der Waals surface area contributed by atoms with Crippen LogP contribution in [0.5, 0.6) is 11.6 Å². The van der Waals surface area contributed by atoms with Gasteiger partial charge in [0, 0.05) is 5.69 Å². The number of alkyl halides is 3. The third-order valence-electron chi connectivity index (χ3n) is 3.73. The Morgan fingerprint density at radius 2 is 1.59 bits per heavy atom. The molecule has 1 aromatic heterocycles. The van der Waals surface area contributed by atoms with Crippen molar-refractivity contribution in [3.05, 3.63) is 65.5 Å². The van der Waals surface area contributed by atoms with Gasteiger partial charge in [-0.25, -0.2) is 4.98 Å². The zero-order valence-corrected chi connectivity index (χ0v) is 14.6. The monoisotopic (exact) mass is 374 g/mol. The third-order valence-corrected chi connectivity index (χ3v) is 3.73. The van der Waals surface area contributed by atoms with Crippen molar-refractivity contribution in [3.63, 3.8) is 0 Å². The summed E-state index contributed by atoms with van der Waals surface area (Å²) in [5.74, 6) is 0.979. The van der Waals surface area contributed by atoms with Crippen molar-refractivity contribution < 1.29 is 17.9 Å². The van der Waals surface area contributed by atoms with Crippen molar-refractivity contribution in [3.8, 4) is 11.6 Å². The summed E-state index contributed by atoms with van der Waals surface area (Å²) < 4.78 is 43.7. The van der Waals surface area contributed by atoms with Gasteiger partial charge in [0.15, 0.2) is 5.82 Å². The number of halogens is 3. The van der Waals surface area contributed by atoms with E-state index in [2.05, 4.69) is 15.3 Å². The fourth-order valence-corrected chi connectivity index (χ4v) is 2.54. The predicted molar refractivity (Wildman–Crippen MR) is 97.2 cm³/mol. The Labute approximate surface area is 154 Å². The summed E-state index contributed by atoms with van der Waals surface area (Å²) in [4.78, 5) is 8.07. The minimum atomic E-state index is -4.39. The van der Waals surface area contributed by atoms with Gasteiger partial charge in [0.25, 0.3) is 0 Å². The molecule has 3 aromatic rings. The van der Waals surface area contributed by atoms with E-state index in [4.69, 9.17) is 10.5 Å². The second-order valence-electron chi connectivity index (χ2n) is 6.07. The Hall–Kier alpha value is -3.29. The van der Waals surface area contributed by atoms with Gasteiger partial charge in [-0.15, -0.1) is 0 Å². The molecule has 0 radical (unpaired) electrons. The number of benzene rings is 2. The van der Waals surface area contributed by atoms with E-state index in [0.717, 1.165) is 23.3 Å². The Bertz CT molecular complexity index is 936. The Morgan fingerprint density at radius 1 is 0.963 bits per heavy atom. The number of nitrogens with zero attached hydrogens (tertiary/aromatic N) is 2. The molecule has 0 saturated heterocycles. The molecule has 0 bridgehead atoms. The van der Waals surface area contributed by atoms with Gasteiger partial charge in [0.2, 0.25) is 5.88 Å². The molecule has 0 atom stereocenters. The van der Waals surface area contributed by atoms with Crippen LogP contribution in [0.15, 0.2) is 48.8 Å². The van der Waals surface area contributed by atoms with Gasteiger partial charge in [-0.05, 0) is 61.4 Å². The van der Waals surface area contributed by atoms with Crippen LogP contribution in [-0.2, 0) is 6.18 Å². The maximum atomic E-state index is 12.6. The molecule has 3 N–H and O–H groups in total. The molecule has 8 heteroatoms. The first-order chi connectivity index (χ1) is 12.7. The standard InChI is InChI=1S/C19H17F3N4O/c1-11-7-12(2)9-15(8-11)27-18-16(23)17(24-10-25-18)26-14-5-3-13(4-6-14)19(20,21)22/h3-10H,23H2,1-2H3,(H,24,25,26). The summed E-state index contributed by atoms with van der Waals surface area (Å²) in [7, 11) is 0. The van der Waals surface area contributed by atoms with Crippen LogP contribution in [-0.4, -0.2) is 9.97 Å². The smallest absolute Gasteiger partial charge is 0.416 e. The van der Waals surface area contributed by atoms with Crippen molar-refractivity contribution in [1.82, 2.24) is 9.97 Å². The topological polar surface area (TPSA) is 73.1 Å². The zero-order chi connectivity index (χ0) is 19.6. The van der Waals surface area contributed by atoms with Crippen LogP contribution >= 0.6 is 0 Å². The summed E-state index contributed by atoms with van der Waals surface area (Å²) in [5.41, 5.74) is 7.94. The molecule has 3 rings (SSSR count). The van der Waals surface area contributed by atoms with Crippen LogP contribution in [0.3, 0.4) is 0 Å². The van der Waals surface area contributed by atoms with E-state index >= 15 is 0 Å². The molecule has 0 aliphatic heterocycles. The van der Waals surface area contributed by atoms with Crippen LogP contribution in [0.2, 0.25) is 0 Å². The number of nitrogens with one attached hydrogen (secondary N) is 1. The number of hydrogen-bond donors (Lipinski definition) is 2. The summed E-state index contributed by atoms with van der Waals surface area (Å²) >= 11 is 0. The molecule has 2 aromatic carbocycles. The molecular weight excluding hydrogens is 357 g/mol. The fraction of sp³-hybridized carbons (Fsp3) is 0.158. The number of rotatable bonds is 4. The Balaban J connectivity index is 1.82. The number of nitrogens with two attached hydrogens (primary N) is 1. The zero-order valence-electron chi connectivity index (χ0n) is 14.6. The highest BCUT2D eigenvalue weighted by Crippen LogP contribution is 2.33. The number of aryl methyl sites for hydroxylation is 2. The molecule has 0 aliphatic rings. The van der Waals surface area contributed by atoms with Gasteiger partial charge in [-0.1, -0.05) is 6.07 Å². The molecule has 0 unspecified atom stereocenters. The molecule has 0 saturated carbocycles. The molecular formula is C19H17F3N4O. The number of aromatic nitrogens is 2. The van der Waals surface area contributed by atoms with E-state index in [9.17, 15) is 13.2 Å². The quantitative estimate of drug-likeness (QED) is 0.654. The normalized spacial score (nSPS) is 11.3. The van der Waals surface area contributed by atoms with E-state index in [-0.39, 0.29) is 17.4 Å². The minimum absolute atomic E-state index is 0.150. The van der Waals surface area contributed by atoms with E-state index in [0.29, 0.717) is 11.4 Å². The Kier molecular flexibility index (Phi) is 4.89. The summed E-state index contributed by atoms with van der Waals surface area (Å²) in [6.45, 7) is 3.89. The minimum Gasteiger partial charge on any atom is -0.437 e. The maximum absolute atomic E-state index is 12.6. The van der Waals surface area contributed by atoms with Crippen LogP contribution in [0.4, 0.5) is 30.4 Å². The van der Waals surface area contributed by atoms with Gasteiger partial charge in [0.05, 0.1) is 5.56 Å². The highest BCUT2D eigenvalue weighted by Gasteiger charge is 2.30. The first-order valence-corrected chi connectivity index (χ1v) is 8.03. The third kappa shape index (κ3) is 4.46. The molecule has 1 heterocycles. The predicted octanol–water partition coefficient (Wildman–Crippen LogP) is 5.23. The van der Waals surface area contributed by atoms with E-state index in [1.165, 1.54) is 18.5 Å². The molecule has 0 spiro atoms. The Morgan fingerprint density at radius 3 is 2.19 bits per heavy atom. The highest BCUT2D eigenvalue weighted by molar-refractivity contribution is 5.72. The van der Waals surface area contributed by atoms with Crippen molar-refractivity contribution in [2.45, 2.75) is 20.0 Å². The number of ether oxygens (including phenoxy) is 1. The summed E-state index contributed by atoms with van der Waals surface area (Å²) in [6, 6.07) is 10.3. The van der Waals surface area contributed by atoms with Gasteiger partial charge in [0.1, 0.15) is 17.8 Å². The van der Waals surface area contributed by atoms with Crippen molar-refractivity contribution >= 4 is 17.2 Å². The van der Waals surface area contributed by atoms with Gasteiger partial charge in [-0.3, -0.25) is 0 Å². The highest BCUT2D eigenvalue weighted by atomic mass is 19.4. The van der Waals surface area contributed by atoms with Crippen LogP contribution < -0.4 is 15.8 Å². The average molecular weight is 374 g/mol. The second-order valence-corrected chi connectivity index (χ2v) is 6.07. The lowest BCUT2D eigenvalue weighted by Gasteiger charge is -2.13. The van der Waals surface area contributed by atoms with Crippen LogP contribution in [0.25, 0.3) is 0 Å². The van der Waals surface area contributed by atoms with Gasteiger partial charge in [-0.2, -0.15) is 18.2 Å². The largest absolute Gasteiger partial charge is 0.437 e. The lowest BCUT2D eigenvalue weighted by Crippen LogP contribution is -2.05. The molecule has 5 nitrogen and oxygen atoms in total. The molecule has 27 heavy (non-hydrogen) atoms. The number of nitrogen functional groups attached to an aromatic ring is 1. The first kappa shape index (κ1) is 18.5. The van der Waals surface area contributed by atoms with Crippen molar-refractivity contribution in [2.75, 3.05) is 11.1 Å². The molecule has 0 aliphatic carbocycles. The molecule has 140 valence electrons.